The normalized spacial score (nSPS) is 12.3. The fourth-order valence-electron chi connectivity index (χ4n) is 1.64. The highest BCUT2D eigenvalue weighted by molar-refractivity contribution is 7.99. The Morgan fingerprint density at radius 1 is 0.947 bits per heavy atom. The lowest BCUT2D eigenvalue weighted by Crippen LogP contribution is -2.17. The molecule has 2 rings (SSSR count). The molecule has 0 heterocycles. The second-order valence-corrected chi connectivity index (χ2v) is 5.37. The zero-order chi connectivity index (χ0) is 13.3. The molecule has 0 saturated heterocycles. The summed E-state index contributed by atoms with van der Waals surface area (Å²) in [5.74, 6) is 0.652. The predicted octanol–water partition coefficient (Wildman–Crippen LogP) is 3.36. The molecule has 0 amide bonds. The highest BCUT2D eigenvalue weighted by Gasteiger charge is 2.05. The number of rotatable bonds is 7. The lowest BCUT2D eigenvalue weighted by molar-refractivity contribution is 0.0398. The van der Waals surface area contributed by atoms with E-state index < -0.39 is 6.10 Å². The quantitative estimate of drug-likeness (QED) is 0.785. The molecule has 1 atom stereocenters. The molecule has 0 saturated carbocycles. The zero-order valence-electron chi connectivity index (χ0n) is 10.7. The third kappa shape index (κ3) is 5.47. The van der Waals surface area contributed by atoms with Crippen LogP contribution in [0.15, 0.2) is 65.6 Å². The summed E-state index contributed by atoms with van der Waals surface area (Å²) in [5.41, 5.74) is 1.13. The van der Waals surface area contributed by atoms with Crippen LogP contribution in [0.2, 0.25) is 0 Å². The van der Waals surface area contributed by atoms with E-state index >= 15 is 0 Å². The van der Waals surface area contributed by atoms with Crippen molar-refractivity contribution < 1.29 is 9.84 Å². The molecule has 0 aromatic heterocycles. The Hall–Kier alpha value is -1.29. The number of thioether (sulfide) groups is 1. The minimum Gasteiger partial charge on any atom is -0.390 e. The monoisotopic (exact) mass is 274 g/mol. The van der Waals surface area contributed by atoms with Crippen molar-refractivity contribution in [3.05, 3.63) is 66.2 Å². The van der Waals surface area contributed by atoms with Crippen LogP contribution < -0.4 is 0 Å². The summed E-state index contributed by atoms with van der Waals surface area (Å²) < 4.78 is 5.51. The standard InChI is InChI=1S/C16H18O2S/c17-15(13-19-16-9-5-2-6-10-16)12-18-11-14-7-3-1-4-8-14/h1-10,15,17H,11-13H2. The Morgan fingerprint density at radius 3 is 2.26 bits per heavy atom. The summed E-state index contributed by atoms with van der Waals surface area (Å²) in [4.78, 5) is 1.17. The average Bonchev–Trinajstić information content (AvgIpc) is 2.47. The molecule has 100 valence electrons. The Kier molecular flexibility index (Phi) is 5.95. The number of hydrogen-bond acceptors (Lipinski definition) is 3. The van der Waals surface area contributed by atoms with E-state index in [0.29, 0.717) is 19.0 Å². The van der Waals surface area contributed by atoms with Crippen molar-refractivity contribution in [1.82, 2.24) is 0 Å². The summed E-state index contributed by atoms with van der Waals surface area (Å²) in [5, 5.41) is 9.84. The topological polar surface area (TPSA) is 29.5 Å². The minimum atomic E-state index is -0.436. The number of ether oxygens (including phenoxy) is 1. The average molecular weight is 274 g/mol. The molecule has 0 aliphatic rings. The minimum absolute atomic E-state index is 0.370. The Balaban J connectivity index is 1.64. The van der Waals surface area contributed by atoms with E-state index in [1.165, 1.54) is 4.90 Å². The summed E-state index contributed by atoms with van der Waals surface area (Å²) in [6.07, 6.45) is -0.436. The summed E-state index contributed by atoms with van der Waals surface area (Å²) in [6, 6.07) is 20.1. The maximum atomic E-state index is 9.84. The first-order chi connectivity index (χ1) is 9.34. The van der Waals surface area contributed by atoms with Crippen LogP contribution in [0.4, 0.5) is 0 Å². The van der Waals surface area contributed by atoms with Crippen molar-refractivity contribution in [3.63, 3.8) is 0 Å². The van der Waals surface area contributed by atoms with Gasteiger partial charge in [-0.15, -0.1) is 11.8 Å². The van der Waals surface area contributed by atoms with Gasteiger partial charge in [-0.2, -0.15) is 0 Å². The van der Waals surface area contributed by atoms with Gasteiger partial charge in [0.15, 0.2) is 0 Å². The second-order valence-electron chi connectivity index (χ2n) is 4.28. The van der Waals surface area contributed by atoms with Gasteiger partial charge in [0.2, 0.25) is 0 Å². The highest BCUT2D eigenvalue weighted by atomic mass is 32.2. The van der Waals surface area contributed by atoms with Gasteiger partial charge in [0.25, 0.3) is 0 Å². The van der Waals surface area contributed by atoms with E-state index in [1.54, 1.807) is 11.8 Å². The lowest BCUT2D eigenvalue weighted by Gasteiger charge is -2.11. The van der Waals surface area contributed by atoms with E-state index in [4.69, 9.17) is 4.74 Å². The molecule has 2 aromatic rings. The first kappa shape index (κ1) is 14.1. The maximum absolute atomic E-state index is 9.84. The molecular formula is C16H18O2S. The summed E-state index contributed by atoms with van der Waals surface area (Å²) in [7, 11) is 0. The van der Waals surface area contributed by atoms with Crippen molar-refractivity contribution in [3.8, 4) is 0 Å². The molecule has 0 aliphatic carbocycles. The van der Waals surface area contributed by atoms with Crippen LogP contribution in [0.3, 0.4) is 0 Å². The highest BCUT2D eigenvalue weighted by Crippen LogP contribution is 2.18. The molecule has 2 nitrogen and oxygen atoms in total. The molecule has 19 heavy (non-hydrogen) atoms. The fraction of sp³-hybridized carbons (Fsp3) is 0.250. The Bertz CT molecular complexity index is 459. The van der Waals surface area contributed by atoms with Crippen LogP contribution in [0.25, 0.3) is 0 Å². The molecule has 0 bridgehead atoms. The van der Waals surface area contributed by atoms with E-state index in [-0.39, 0.29) is 0 Å². The second kappa shape index (κ2) is 8.00. The number of aliphatic hydroxyl groups is 1. The summed E-state index contributed by atoms with van der Waals surface area (Å²) in [6.45, 7) is 0.919. The van der Waals surface area contributed by atoms with Crippen LogP contribution >= 0.6 is 11.8 Å². The largest absolute Gasteiger partial charge is 0.390 e. The molecule has 2 aromatic carbocycles. The molecule has 0 radical (unpaired) electrons. The third-order valence-electron chi connectivity index (χ3n) is 2.61. The van der Waals surface area contributed by atoms with Gasteiger partial charge in [-0.25, -0.2) is 0 Å². The lowest BCUT2D eigenvalue weighted by atomic mass is 10.2. The van der Waals surface area contributed by atoms with Gasteiger partial charge in [0.1, 0.15) is 0 Å². The molecule has 1 N–H and O–H groups in total. The van der Waals surface area contributed by atoms with Crippen LogP contribution in [0, 0.1) is 0 Å². The van der Waals surface area contributed by atoms with E-state index in [1.807, 2.05) is 60.7 Å². The van der Waals surface area contributed by atoms with Crippen molar-refractivity contribution in [1.29, 1.82) is 0 Å². The molecule has 0 spiro atoms. The first-order valence-corrected chi connectivity index (χ1v) is 7.31. The molecule has 0 fully saturated rings. The van der Waals surface area contributed by atoms with E-state index in [9.17, 15) is 5.11 Å². The van der Waals surface area contributed by atoms with Crippen molar-refractivity contribution in [2.45, 2.75) is 17.6 Å². The Morgan fingerprint density at radius 2 is 1.58 bits per heavy atom. The molecule has 1 unspecified atom stereocenters. The van der Waals surface area contributed by atoms with Gasteiger partial charge in [0.05, 0.1) is 19.3 Å². The maximum Gasteiger partial charge on any atom is 0.0867 e. The van der Waals surface area contributed by atoms with E-state index in [0.717, 1.165) is 5.56 Å². The summed E-state index contributed by atoms with van der Waals surface area (Å²) >= 11 is 1.64. The smallest absolute Gasteiger partial charge is 0.0867 e. The van der Waals surface area contributed by atoms with Crippen molar-refractivity contribution in [2.75, 3.05) is 12.4 Å². The number of hydrogen-bond donors (Lipinski definition) is 1. The number of aliphatic hydroxyl groups excluding tert-OH is 1. The SMILES string of the molecule is OC(COCc1ccccc1)CSc1ccccc1. The van der Waals surface area contributed by atoms with Gasteiger partial charge in [0, 0.05) is 10.6 Å². The van der Waals surface area contributed by atoms with Gasteiger partial charge in [-0.1, -0.05) is 48.5 Å². The fourth-order valence-corrected chi connectivity index (χ4v) is 2.47. The predicted molar refractivity (Wildman–Crippen MR) is 79.3 cm³/mol. The third-order valence-corrected chi connectivity index (χ3v) is 3.76. The van der Waals surface area contributed by atoms with Gasteiger partial charge in [-0.3, -0.25) is 0 Å². The van der Waals surface area contributed by atoms with Gasteiger partial charge in [-0.05, 0) is 17.7 Å². The molecule has 3 heteroatoms. The van der Waals surface area contributed by atoms with E-state index in [2.05, 4.69) is 0 Å². The Labute approximate surface area is 118 Å². The molecule has 0 aliphatic heterocycles. The van der Waals surface area contributed by atoms with Crippen LogP contribution in [0.5, 0.6) is 0 Å². The van der Waals surface area contributed by atoms with Gasteiger partial charge < -0.3 is 9.84 Å². The first-order valence-electron chi connectivity index (χ1n) is 6.32. The molecular weight excluding hydrogens is 256 g/mol. The van der Waals surface area contributed by atoms with Gasteiger partial charge >= 0.3 is 0 Å². The van der Waals surface area contributed by atoms with Crippen LogP contribution in [-0.2, 0) is 11.3 Å². The number of benzene rings is 2. The van der Waals surface area contributed by atoms with Crippen molar-refractivity contribution in [2.24, 2.45) is 0 Å². The van der Waals surface area contributed by atoms with Crippen molar-refractivity contribution >= 4 is 11.8 Å². The van der Waals surface area contributed by atoms with Crippen LogP contribution in [-0.4, -0.2) is 23.6 Å². The van der Waals surface area contributed by atoms with Crippen LogP contribution in [0.1, 0.15) is 5.56 Å². The zero-order valence-corrected chi connectivity index (χ0v) is 11.6.